The van der Waals surface area contributed by atoms with Crippen LogP contribution in [0.5, 0.6) is 11.6 Å². The molecule has 52 heavy (non-hydrogen) atoms. The molecule has 1 aliphatic heterocycles. The van der Waals surface area contributed by atoms with E-state index in [0.29, 0.717) is 42.0 Å². The summed E-state index contributed by atoms with van der Waals surface area (Å²) in [7, 11) is -0.493. The molecule has 5 atom stereocenters. The van der Waals surface area contributed by atoms with Gasteiger partial charge in [0.05, 0.1) is 40.8 Å². The number of amides is 3. The first-order valence-electron chi connectivity index (χ1n) is 18.2. The van der Waals surface area contributed by atoms with E-state index in [9.17, 15) is 22.8 Å². The number of allylic oxidation sites excluding steroid dienone is 1. The zero-order valence-corrected chi connectivity index (χ0v) is 31.1. The van der Waals surface area contributed by atoms with Gasteiger partial charge in [-0.3, -0.25) is 19.1 Å². The van der Waals surface area contributed by atoms with Crippen LogP contribution in [-0.4, -0.2) is 88.4 Å². The molecule has 0 radical (unpaired) electrons. The van der Waals surface area contributed by atoms with E-state index in [1.807, 2.05) is 37.3 Å². The van der Waals surface area contributed by atoms with Gasteiger partial charge in [-0.1, -0.05) is 26.0 Å². The van der Waals surface area contributed by atoms with Crippen LogP contribution in [0.15, 0.2) is 36.5 Å². The Balaban J connectivity index is 1.21. The third-order valence-electron chi connectivity index (χ3n) is 10.9. The number of fused-ring (bicyclic) bond motifs is 3. The minimum Gasteiger partial charge on any atom is -0.496 e. The molecule has 3 aromatic rings. The highest BCUT2D eigenvalue weighted by atomic mass is 32.2. The first-order valence-corrected chi connectivity index (χ1v) is 19.7. The average molecular weight is 734 g/mol. The summed E-state index contributed by atoms with van der Waals surface area (Å²) in [5.74, 6) is -1.85. The summed E-state index contributed by atoms with van der Waals surface area (Å²) < 4.78 is 41.6. The Labute approximate surface area is 303 Å². The number of carbonyl (C=O) groups is 3. The molecule has 2 N–H and O–H groups in total. The summed E-state index contributed by atoms with van der Waals surface area (Å²) in [5, 5.41) is 7.68. The number of nitrogens with one attached hydrogen (secondary N) is 2. The molecule has 7 rings (SSSR count). The van der Waals surface area contributed by atoms with Gasteiger partial charge in [0.2, 0.25) is 27.7 Å². The second kappa shape index (κ2) is 13.8. The maximum Gasteiger partial charge on any atom is 0.259 e. The van der Waals surface area contributed by atoms with Crippen LogP contribution in [0.4, 0.5) is 0 Å². The molecule has 0 unspecified atom stereocenters. The predicted octanol–water partition coefficient (Wildman–Crippen LogP) is 3.71. The van der Waals surface area contributed by atoms with Crippen molar-refractivity contribution in [3.63, 3.8) is 0 Å². The van der Waals surface area contributed by atoms with E-state index in [1.54, 1.807) is 29.9 Å². The monoisotopic (exact) mass is 733 g/mol. The smallest absolute Gasteiger partial charge is 0.259 e. The van der Waals surface area contributed by atoms with Gasteiger partial charge in [0.15, 0.2) is 0 Å². The fraction of sp³-hybridized carbons (Fsp3) is 0.568. The number of nitrogens with zero attached hydrogens (tertiary/aromatic N) is 5. The Morgan fingerprint density at radius 1 is 1.10 bits per heavy atom. The van der Waals surface area contributed by atoms with E-state index in [1.165, 1.54) is 0 Å². The maximum absolute atomic E-state index is 14.3. The first-order chi connectivity index (χ1) is 24.8. The lowest BCUT2D eigenvalue weighted by Crippen LogP contribution is -2.54. The molecule has 0 spiro atoms. The SMILES string of the molecule is COc1ccc2c(O[C@@H]3C[C@H]4C(=O)N[C@]5(C(=O)NS(=O)(=O)C6CC6)C[C@H]5C=CCCCCN(C)C(=O)[C@@H]4C3)nc(-n3ccc(C(C)C)n3)nc2c1C. The van der Waals surface area contributed by atoms with E-state index in [4.69, 9.17) is 19.4 Å². The Morgan fingerprint density at radius 2 is 1.87 bits per heavy atom. The molecule has 14 nitrogen and oxygen atoms in total. The highest BCUT2D eigenvalue weighted by Crippen LogP contribution is 2.47. The lowest BCUT2D eigenvalue weighted by Gasteiger charge is -2.26. The average Bonchev–Trinajstić information content (AvgIpc) is 3.98. The van der Waals surface area contributed by atoms with E-state index in [0.717, 1.165) is 30.5 Å². The molecule has 3 heterocycles. The van der Waals surface area contributed by atoms with Crippen LogP contribution in [0, 0.1) is 24.7 Å². The summed E-state index contributed by atoms with van der Waals surface area (Å²) in [6.45, 7) is 6.56. The molecule has 3 amide bonds. The summed E-state index contributed by atoms with van der Waals surface area (Å²) in [4.78, 5) is 53.2. The number of aromatic nitrogens is 4. The first kappa shape index (κ1) is 35.9. The van der Waals surface area contributed by atoms with Gasteiger partial charge in [-0.25, -0.2) is 18.1 Å². The minimum atomic E-state index is -3.84. The van der Waals surface area contributed by atoms with Gasteiger partial charge in [-0.2, -0.15) is 10.1 Å². The molecule has 4 aliphatic rings. The molecule has 278 valence electrons. The van der Waals surface area contributed by atoms with Gasteiger partial charge < -0.3 is 19.7 Å². The molecule has 3 saturated carbocycles. The largest absolute Gasteiger partial charge is 0.496 e. The van der Waals surface area contributed by atoms with Gasteiger partial charge >= 0.3 is 0 Å². The summed E-state index contributed by atoms with van der Waals surface area (Å²) in [6, 6.07) is 5.57. The molecule has 2 aromatic heterocycles. The normalized spacial score (nSPS) is 26.8. The van der Waals surface area contributed by atoms with Gasteiger partial charge in [-0.15, -0.1) is 0 Å². The van der Waals surface area contributed by atoms with E-state index in [-0.39, 0.29) is 42.9 Å². The second-order valence-electron chi connectivity index (χ2n) is 15.0. The summed E-state index contributed by atoms with van der Waals surface area (Å²) >= 11 is 0. The number of sulfonamides is 1. The summed E-state index contributed by atoms with van der Waals surface area (Å²) in [6.07, 6.45) is 9.16. The van der Waals surface area contributed by atoms with E-state index >= 15 is 0 Å². The van der Waals surface area contributed by atoms with Gasteiger partial charge in [0, 0.05) is 31.3 Å². The minimum absolute atomic E-state index is 0.174. The molecule has 3 fully saturated rings. The number of methoxy groups -OCH3 is 1. The number of rotatable bonds is 8. The van der Waals surface area contributed by atoms with Crippen LogP contribution in [0.3, 0.4) is 0 Å². The van der Waals surface area contributed by atoms with Crippen molar-refractivity contribution in [1.82, 2.24) is 34.7 Å². The molecule has 1 aromatic carbocycles. The number of carbonyl (C=O) groups excluding carboxylic acids is 3. The molecule has 15 heteroatoms. The number of aryl methyl sites for hydroxylation is 1. The Kier molecular flexibility index (Phi) is 9.51. The topological polar surface area (TPSA) is 175 Å². The van der Waals surface area contributed by atoms with E-state index in [2.05, 4.69) is 29.0 Å². The van der Waals surface area contributed by atoms with Crippen LogP contribution in [0.25, 0.3) is 16.9 Å². The maximum atomic E-state index is 14.3. The van der Waals surface area contributed by atoms with E-state index < -0.39 is 50.6 Å². The van der Waals surface area contributed by atoms with Crippen molar-refractivity contribution in [3.8, 4) is 17.6 Å². The number of ether oxygens (including phenoxy) is 2. The van der Waals surface area contributed by atoms with Gasteiger partial charge in [0.25, 0.3) is 11.9 Å². The van der Waals surface area contributed by atoms with Crippen LogP contribution in [0.2, 0.25) is 0 Å². The Hall–Kier alpha value is -4.53. The van der Waals surface area contributed by atoms with Crippen LogP contribution >= 0.6 is 0 Å². The van der Waals surface area contributed by atoms with Crippen molar-refractivity contribution in [1.29, 1.82) is 0 Å². The van der Waals surface area contributed by atoms with Crippen molar-refractivity contribution < 1.29 is 32.3 Å². The molecule has 0 saturated heterocycles. The fourth-order valence-electron chi connectivity index (χ4n) is 7.49. The third-order valence-corrected chi connectivity index (χ3v) is 12.7. The quantitative estimate of drug-likeness (QED) is 0.325. The highest BCUT2D eigenvalue weighted by molar-refractivity contribution is 7.91. The summed E-state index contributed by atoms with van der Waals surface area (Å²) in [5.41, 5.74) is 0.878. The lowest BCUT2D eigenvalue weighted by atomic mass is 9.93. The highest BCUT2D eigenvalue weighted by Gasteiger charge is 2.62. The third kappa shape index (κ3) is 6.86. The number of hydrogen-bond donors (Lipinski definition) is 2. The van der Waals surface area contributed by atoms with Crippen molar-refractivity contribution in [2.75, 3.05) is 20.7 Å². The second-order valence-corrected chi connectivity index (χ2v) is 17.0. The van der Waals surface area contributed by atoms with Crippen molar-refractivity contribution in [2.45, 2.75) is 94.9 Å². The molecule has 3 aliphatic carbocycles. The molecular formula is C37H47N7O7S. The predicted molar refractivity (Wildman–Crippen MR) is 192 cm³/mol. The van der Waals surface area contributed by atoms with Crippen LogP contribution in [-0.2, 0) is 24.4 Å². The lowest BCUT2D eigenvalue weighted by molar-refractivity contribution is -0.140. The Bertz CT molecular complexity index is 2040. The van der Waals surface area contributed by atoms with Gasteiger partial charge in [-0.05, 0) is 82.4 Å². The van der Waals surface area contributed by atoms with Crippen molar-refractivity contribution in [2.24, 2.45) is 17.8 Å². The molecule has 0 bridgehead atoms. The zero-order chi connectivity index (χ0) is 36.9. The zero-order valence-electron chi connectivity index (χ0n) is 30.3. The Morgan fingerprint density at radius 3 is 2.58 bits per heavy atom. The van der Waals surface area contributed by atoms with Crippen LogP contribution < -0.4 is 19.5 Å². The molecular weight excluding hydrogens is 687 g/mol. The number of hydrogen-bond acceptors (Lipinski definition) is 10. The standard InChI is InChI=1S/C37H47N7O7S/c1-21(2)29-15-17-44(41-29)36-38-31-22(3)30(50-5)14-13-26(31)33(39-36)51-24-18-27-28(19-24)34(46)43(4)16-9-7-6-8-10-23-20-37(23,40-32(27)45)35(47)42-52(48,49)25-11-12-25/h8,10,13-15,17,21,23-25,27-28H,6-7,9,11-12,16,18-20H2,1-5H3,(H,40,45)(H,42,47)/t23-,24-,27-,28-,37-/m1/s1. The van der Waals surface area contributed by atoms with Crippen molar-refractivity contribution in [3.05, 3.63) is 47.8 Å². The van der Waals surface area contributed by atoms with Crippen molar-refractivity contribution >= 4 is 38.6 Å². The fourth-order valence-corrected chi connectivity index (χ4v) is 8.86. The van der Waals surface area contributed by atoms with Crippen LogP contribution in [0.1, 0.15) is 82.4 Å². The number of benzene rings is 1. The van der Waals surface area contributed by atoms with Gasteiger partial charge in [0.1, 0.15) is 17.4 Å².